The largest absolute Gasteiger partial charge is 0.488 e. The first-order valence-electron chi connectivity index (χ1n) is 15.4. The van der Waals surface area contributed by atoms with Gasteiger partial charge in [0.15, 0.2) is 0 Å². The van der Waals surface area contributed by atoms with E-state index in [1.807, 2.05) is 35.5 Å². The number of benzene rings is 2. The number of nitrogens with one attached hydrogen (secondary N) is 2. The molecule has 10 nitrogen and oxygen atoms in total. The van der Waals surface area contributed by atoms with Gasteiger partial charge in [-0.15, -0.1) is 5.06 Å². The van der Waals surface area contributed by atoms with Crippen LogP contribution in [-0.4, -0.2) is 74.3 Å². The Labute approximate surface area is 254 Å². The third kappa shape index (κ3) is 5.38. The van der Waals surface area contributed by atoms with Gasteiger partial charge in [0.05, 0.1) is 6.54 Å². The molecule has 2 saturated carbocycles. The van der Waals surface area contributed by atoms with Gasteiger partial charge in [-0.1, -0.05) is 18.2 Å². The van der Waals surface area contributed by atoms with Gasteiger partial charge in [-0.2, -0.15) is 0 Å². The zero-order valence-electron chi connectivity index (χ0n) is 24.6. The third-order valence-electron chi connectivity index (χ3n) is 9.99. The number of aromatic nitrogens is 1. The zero-order chi connectivity index (χ0) is 30.6. The fourth-order valence-electron chi connectivity index (χ4n) is 8.18. The number of amides is 2. The van der Waals surface area contributed by atoms with Crippen LogP contribution in [0.1, 0.15) is 51.0 Å². The van der Waals surface area contributed by atoms with Crippen molar-refractivity contribution in [2.45, 2.75) is 81.6 Å². The van der Waals surface area contributed by atoms with E-state index < -0.39 is 41.5 Å². The first-order valence-corrected chi connectivity index (χ1v) is 15.4. The lowest BCUT2D eigenvalue weighted by Crippen LogP contribution is -2.63. The molecule has 3 aromatic rings. The number of nitrogens with zero attached hydrogens (tertiary/aromatic N) is 2. The second-order valence-electron chi connectivity index (χ2n) is 13.2. The van der Waals surface area contributed by atoms with Crippen LogP contribution < -0.4 is 10.1 Å². The van der Waals surface area contributed by atoms with Crippen LogP contribution in [0.15, 0.2) is 54.7 Å². The molecule has 5 fully saturated rings. The van der Waals surface area contributed by atoms with Crippen LogP contribution in [0.25, 0.3) is 10.9 Å². The van der Waals surface area contributed by atoms with Crippen molar-refractivity contribution in [1.29, 1.82) is 0 Å². The standard InChI is InChI=1S/C33H37FN4O6/c1-33(16-21-17-35-28-5-3-2-4-27(21)28,36-32(42)44-38-23-11-19-10-20(13-23)14-24(38)12-19)31(41)37-18-26(15-29(37)30(39)40)43-25-8-6-22(34)7-9-25/h2-9,17,19-20,23-24,26,29,35H,10-16,18H2,1H3,(H,36,42)(H,39,40)/t19?,20?,23?,24?,26-,29-,33-/m1/s1. The molecule has 0 unspecified atom stereocenters. The number of carboxylic acids is 1. The van der Waals surface area contributed by atoms with Crippen LogP contribution in [0.4, 0.5) is 9.18 Å². The molecule has 0 radical (unpaired) electrons. The van der Waals surface area contributed by atoms with Crippen LogP contribution in [-0.2, 0) is 20.8 Å². The van der Waals surface area contributed by atoms with Crippen molar-refractivity contribution in [2.75, 3.05) is 6.54 Å². The van der Waals surface area contributed by atoms with Crippen molar-refractivity contribution in [3.05, 3.63) is 66.1 Å². The molecule has 3 aliphatic heterocycles. The summed E-state index contributed by atoms with van der Waals surface area (Å²) < 4.78 is 19.4. The van der Waals surface area contributed by atoms with E-state index in [0.717, 1.165) is 42.1 Å². The number of hydrogen-bond acceptors (Lipinski definition) is 6. The van der Waals surface area contributed by atoms with E-state index in [-0.39, 0.29) is 31.5 Å². The van der Waals surface area contributed by atoms with Crippen molar-refractivity contribution in [2.24, 2.45) is 11.8 Å². The van der Waals surface area contributed by atoms with E-state index in [1.165, 1.54) is 35.6 Å². The van der Waals surface area contributed by atoms with Gasteiger partial charge in [0.25, 0.3) is 0 Å². The lowest BCUT2D eigenvalue weighted by Gasteiger charge is -2.54. The molecule has 1 aromatic heterocycles. The maximum atomic E-state index is 14.4. The predicted molar refractivity (Wildman–Crippen MR) is 158 cm³/mol. The average molecular weight is 605 g/mol. The molecule has 4 heterocycles. The molecule has 8 rings (SSSR count). The number of likely N-dealkylation sites (tertiary alicyclic amines) is 1. The number of aromatic amines is 1. The maximum absolute atomic E-state index is 14.4. The molecule has 2 aliphatic carbocycles. The molecule has 5 aliphatic rings. The number of hydrogen-bond donors (Lipinski definition) is 3. The average Bonchev–Trinajstić information content (AvgIpc) is 3.60. The van der Waals surface area contributed by atoms with Gasteiger partial charge in [0.1, 0.15) is 29.3 Å². The van der Waals surface area contributed by atoms with Crippen LogP contribution >= 0.6 is 0 Å². The molecule has 2 aromatic carbocycles. The highest BCUT2D eigenvalue weighted by Gasteiger charge is 2.51. The molecule has 4 bridgehead atoms. The molecular formula is C33H37FN4O6. The number of aliphatic carboxylic acids is 1. The van der Waals surface area contributed by atoms with Crippen molar-refractivity contribution >= 4 is 28.9 Å². The van der Waals surface area contributed by atoms with Gasteiger partial charge in [0, 0.05) is 42.0 Å². The Bertz CT molecular complexity index is 1550. The highest BCUT2D eigenvalue weighted by molar-refractivity contribution is 5.94. The Morgan fingerprint density at radius 3 is 2.36 bits per heavy atom. The molecule has 11 heteroatoms. The predicted octanol–water partition coefficient (Wildman–Crippen LogP) is 4.65. The Morgan fingerprint density at radius 2 is 1.68 bits per heavy atom. The number of carboxylic acid groups (broad SMARTS) is 1. The van der Waals surface area contributed by atoms with E-state index >= 15 is 0 Å². The molecule has 3 atom stereocenters. The molecule has 3 saturated heterocycles. The summed E-state index contributed by atoms with van der Waals surface area (Å²) in [4.78, 5) is 50.8. The van der Waals surface area contributed by atoms with Crippen LogP contribution in [0, 0.1) is 17.7 Å². The first-order chi connectivity index (χ1) is 21.1. The first kappa shape index (κ1) is 28.6. The molecule has 2 amide bonds. The number of fused-ring (bicyclic) bond motifs is 1. The monoisotopic (exact) mass is 604 g/mol. The Hall–Kier alpha value is -4.12. The minimum absolute atomic E-state index is 0.00751. The summed E-state index contributed by atoms with van der Waals surface area (Å²) in [5.41, 5.74) is 0.155. The van der Waals surface area contributed by atoms with Crippen molar-refractivity contribution in [3.63, 3.8) is 0 Å². The van der Waals surface area contributed by atoms with Gasteiger partial charge in [-0.25, -0.2) is 14.0 Å². The molecule has 0 spiro atoms. The van der Waals surface area contributed by atoms with E-state index in [1.54, 1.807) is 6.92 Å². The van der Waals surface area contributed by atoms with Gasteiger partial charge in [-0.05, 0) is 86.8 Å². The van der Waals surface area contributed by atoms with Gasteiger partial charge < -0.3 is 29.9 Å². The Morgan fingerprint density at radius 1 is 1.00 bits per heavy atom. The van der Waals surface area contributed by atoms with E-state index in [2.05, 4.69) is 10.3 Å². The van der Waals surface area contributed by atoms with Crippen LogP contribution in [0.3, 0.4) is 0 Å². The summed E-state index contributed by atoms with van der Waals surface area (Å²) in [5, 5.41) is 15.7. The number of carbonyl (C=O) groups excluding carboxylic acids is 2. The van der Waals surface area contributed by atoms with Crippen molar-refractivity contribution in [1.82, 2.24) is 20.3 Å². The summed E-state index contributed by atoms with van der Waals surface area (Å²) in [5.74, 6) is -0.384. The lowest BCUT2D eigenvalue weighted by atomic mass is 9.64. The van der Waals surface area contributed by atoms with Crippen molar-refractivity contribution in [3.8, 4) is 5.75 Å². The number of halogens is 1. The fourth-order valence-corrected chi connectivity index (χ4v) is 8.18. The van der Waals surface area contributed by atoms with Gasteiger partial charge in [0.2, 0.25) is 5.91 Å². The minimum Gasteiger partial charge on any atom is -0.488 e. The molecule has 44 heavy (non-hydrogen) atoms. The lowest BCUT2D eigenvalue weighted by molar-refractivity contribution is -0.228. The highest BCUT2D eigenvalue weighted by Crippen LogP contribution is 2.49. The summed E-state index contributed by atoms with van der Waals surface area (Å²) in [6.45, 7) is 1.62. The third-order valence-corrected chi connectivity index (χ3v) is 9.99. The van der Waals surface area contributed by atoms with Crippen molar-refractivity contribution < 1.29 is 33.5 Å². The minimum atomic E-state index is -1.53. The number of hydroxylamine groups is 2. The zero-order valence-corrected chi connectivity index (χ0v) is 24.6. The summed E-state index contributed by atoms with van der Waals surface area (Å²) in [6, 6.07) is 12.3. The molecule has 3 N–H and O–H groups in total. The van der Waals surface area contributed by atoms with E-state index in [9.17, 15) is 23.9 Å². The van der Waals surface area contributed by atoms with Gasteiger partial charge >= 0.3 is 12.1 Å². The van der Waals surface area contributed by atoms with Crippen LogP contribution in [0.5, 0.6) is 5.75 Å². The van der Waals surface area contributed by atoms with Gasteiger partial charge in [-0.3, -0.25) is 4.79 Å². The second-order valence-corrected chi connectivity index (χ2v) is 13.2. The number of H-pyrrole nitrogens is 1. The van der Waals surface area contributed by atoms with Crippen LogP contribution in [0.2, 0.25) is 0 Å². The second kappa shape index (κ2) is 11.1. The van der Waals surface area contributed by atoms with E-state index in [0.29, 0.717) is 17.6 Å². The normalized spacial score (nSPS) is 29.0. The molecular weight excluding hydrogens is 567 g/mol. The van der Waals surface area contributed by atoms with E-state index in [4.69, 9.17) is 9.57 Å². The summed E-state index contributed by atoms with van der Waals surface area (Å²) in [6.07, 6.45) is 5.91. The fraction of sp³-hybridized carbons (Fsp3) is 0.485. The number of rotatable bonds is 8. The molecule has 232 valence electrons. The number of carbonyl (C=O) groups is 3. The Kier molecular flexibility index (Phi) is 7.23. The SMILES string of the molecule is C[C@](Cc1c[nH]c2ccccc12)(NC(=O)ON1C2CC3CC(C2)CC1C3)C(=O)N1C[C@H](Oc2ccc(F)cc2)C[C@@H]1C(=O)O. The quantitative estimate of drug-likeness (QED) is 0.342. The Balaban J connectivity index is 1.14. The number of para-hydroxylation sites is 1. The summed E-state index contributed by atoms with van der Waals surface area (Å²) in [7, 11) is 0. The topological polar surface area (TPSA) is 124 Å². The smallest absolute Gasteiger partial charge is 0.427 e. The summed E-state index contributed by atoms with van der Waals surface area (Å²) >= 11 is 0. The number of ether oxygens (including phenoxy) is 1. The number of piperidine rings is 2. The maximum Gasteiger partial charge on any atom is 0.427 e. The highest BCUT2D eigenvalue weighted by atomic mass is 19.1.